The summed E-state index contributed by atoms with van der Waals surface area (Å²) in [7, 11) is 3.07. The molecule has 1 saturated heterocycles. The van der Waals surface area contributed by atoms with E-state index in [0.29, 0.717) is 34.0 Å². The number of rotatable bonds is 5. The number of ether oxygens (including phenoxy) is 2. The molecule has 1 fully saturated rings. The number of hydrogen-bond donors (Lipinski definition) is 1. The largest absolute Gasteiger partial charge is 0.495 e. The number of piperazine rings is 1. The van der Waals surface area contributed by atoms with Gasteiger partial charge in [0, 0.05) is 43.6 Å². The zero-order chi connectivity index (χ0) is 19.4. The molecule has 3 rings (SSSR count). The average molecular weight is 413 g/mol. The maximum absolute atomic E-state index is 12.5. The van der Waals surface area contributed by atoms with Crippen LogP contribution in [0.4, 0.5) is 5.69 Å². The van der Waals surface area contributed by atoms with Crippen LogP contribution in [0.15, 0.2) is 17.1 Å². The van der Waals surface area contributed by atoms with Gasteiger partial charge in [0.25, 0.3) is 0 Å². The number of carbonyl (C=O) groups excluding carboxylic acids is 1. The smallest absolute Gasteiger partial charge is 0.238 e. The van der Waals surface area contributed by atoms with Crippen LogP contribution in [0.25, 0.3) is 0 Å². The van der Waals surface area contributed by atoms with E-state index in [9.17, 15) is 4.79 Å². The van der Waals surface area contributed by atoms with Crippen molar-refractivity contribution in [1.29, 1.82) is 0 Å². The first-order chi connectivity index (χ1) is 13.0. The van der Waals surface area contributed by atoms with E-state index in [-0.39, 0.29) is 5.91 Å². The zero-order valence-electron chi connectivity index (χ0n) is 15.8. The Hall–Kier alpha value is -1.64. The van der Waals surface area contributed by atoms with Gasteiger partial charge in [-0.3, -0.25) is 14.7 Å². The van der Waals surface area contributed by atoms with Gasteiger partial charge in [-0.25, -0.2) is 0 Å². The molecule has 1 aromatic carbocycles. The van der Waals surface area contributed by atoms with E-state index in [1.165, 1.54) is 14.2 Å². The number of benzene rings is 1. The monoisotopic (exact) mass is 412 g/mol. The van der Waals surface area contributed by atoms with Crippen LogP contribution in [0, 0.1) is 0 Å². The number of halogens is 1. The van der Waals surface area contributed by atoms with Crippen molar-refractivity contribution in [3.8, 4) is 11.5 Å². The topological polar surface area (TPSA) is 66.4 Å². The third-order valence-corrected chi connectivity index (χ3v) is 5.99. The van der Waals surface area contributed by atoms with Crippen LogP contribution in [0.3, 0.4) is 0 Å². The molecule has 0 bridgehead atoms. The van der Waals surface area contributed by atoms with Crippen molar-refractivity contribution >= 4 is 40.1 Å². The summed E-state index contributed by atoms with van der Waals surface area (Å²) in [5.74, 6) is 0.905. The predicted octanol–water partition coefficient (Wildman–Crippen LogP) is 2.40. The van der Waals surface area contributed by atoms with Crippen LogP contribution in [0.1, 0.15) is 6.92 Å². The minimum atomic E-state index is -0.0904. The number of nitrogens with zero attached hydrogens (tertiary/aromatic N) is 3. The van der Waals surface area contributed by atoms with Crippen molar-refractivity contribution in [3.63, 3.8) is 0 Å². The third kappa shape index (κ3) is 5.00. The molecule has 1 amide bonds. The van der Waals surface area contributed by atoms with Gasteiger partial charge in [-0.1, -0.05) is 30.3 Å². The second-order valence-corrected chi connectivity index (χ2v) is 8.36. The SMILES string of the molecule is COc1cc(NC(=O)CN2CCN(C3=NC[C@H](C)S3)CC2)c(OC)cc1Cl. The van der Waals surface area contributed by atoms with Gasteiger partial charge < -0.3 is 19.7 Å². The van der Waals surface area contributed by atoms with Crippen molar-refractivity contribution < 1.29 is 14.3 Å². The van der Waals surface area contributed by atoms with E-state index >= 15 is 0 Å². The Morgan fingerprint density at radius 1 is 1.26 bits per heavy atom. The molecule has 7 nitrogen and oxygen atoms in total. The van der Waals surface area contributed by atoms with Crippen molar-refractivity contribution in [3.05, 3.63) is 17.2 Å². The van der Waals surface area contributed by atoms with Gasteiger partial charge in [-0.2, -0.15) is 0 Å². The molecule has 2 aliphatic rings. The lowest BCUT2D eigenvalue weighted by Gasteiger charge is -2.35. The number of aliphatic imine (C=N–C) groups is 1. The summed E-state index contributed by atoms with van der Waals surface area (Å²) in [6.45, 7) is 6.88. The standard InChI is InChI=1S/C18H25ClN4O3S/c1-12-10-20-18(27-12)23-6-4-22(5-7-23)11-17(24)21-14-9-15(25-2)13(19)8-16(14)26-3/h8-9,12H,4-7,10-11H2,1-3H3,(H,21,24)/t12-/m0/s1. The molecule has 0 spiro atoms. The van der Waals surface area contributed by atoms with Gasteiger partial charge in [0.1, 0.15) is 11.5 Å². The summed E-state index contributed by atoms with van der Waals surface area (Å²) < 4.78 is 10.5. The summed E-state index contributed by atoms with van der Waals surface area (Å²) in [5.41, 5.74) is 0.549. The highest BCUT2D eigenvalue weighted by Crippen LogP contribution is 2.35. The summed E-state index contributed by atoms with van der Waals surface area (Å²) >= 11 is 7.95. The Kier molecular flexibility index (Phi) is 6.73. The van der Waals surface area contributed by atoms with E-state index < -0.39 is 0 Å². The lowest BCUT2D eigenvalue weighted by atomic mass is 10.2. The molecule has 2 aliphatic heterocycles. The minimum absolute atomic E-state index is 0.0904. The fourth-order valence-corrected chi connectivity index (χ4v) is 4.30. The van der Waals surface area contributed by atoms with E-state index in [0.717, 1.165) is 37.9 Å². The van der Waals surface area contributed by atoms with Crippen molar-refractivity contribution in [1.82, 2.24) is 9.80 Å². The van der Waals surface area contributed by atoms with Crippen LogP contribution < -0.4 is 14.8 Å². The number of hydrogen-bond acceptors (Lipinski definition) is 7. The number of amides is 1. The molecule has 9 heteroatoms. The summed E-state index contributed by atoms with van der Waals surface area (Å²) in [6, 6.07) is 3.31. The minimum Gasteiger partial charge on any atom is -0.495 e. The molecule has 0 saturated carbocycles. The molecule has 148 valence electrons. The van der Waals surface area contributed by atoms with Gasteiger partial charge in [-0.15, -0.1) is 0 Å². The van der Waals surface area contributed by atoms with Crippen LogP contribution in [0.5, 0.6) is 11.5 Å². The molecule has 2 heterocycles. The zero-order valence-corrected chi connectivity index (χ0v) is 17.4. The highest BCUT2D eigenvalue weighted by Gasteiger charge is 2.25. The van der Waals surface area contributed by atoms with Gasteiger partial charge in [-0.05, 0) is 0 Å². The van der Waals surface area contributed by atoms with Gasteiger partial charge in [0.2, 0.25) is 5.91 Å². The van der Waals surface area contributed by atoms with E-state index in [4.69, 9.17) is 21.1 Å². The van der Waals surface area contributed by atoms with Crippen molar-refractivity contribution in [2.24, 2.45) is 4.99 Å². The maximum Gasteiger partial charge on any atom is 0.238 e. The Morgan fingerprint density at radius 3 is 2.56 bits per heavy atom. The van der Waals surface area contributed by atoms with Crippen LogP contribution >= 0.6 is 23.4 Å². The highest BCUT2D eigenvalue weighted by atomic mass is 35.5. The normalized spacial score (nSPS) is 20.4. The number of amidine groups is 1. The van der Waals surface area contributed by atoms with Gasteiger partial charge in [0.05, 0.1) is 38.0 Å². The second-order valence-electron chi connectivity index (χ2n) is 6.55. The quantitative estimate of drug-likeness (QED) is 0.801. The third-order valence-electron chi connectivity index (χ3n) is 4.55. The first-order valence-electron chi connectivity index (χ1n) is 8.90. The number of methoxy groups -OCH3 is 2. The average Bonchev–Trinajstić information content (AvgIpc) is 3.09. The number of nitrogens with one attached hydrogen (secondary N) is 1. The lowest BCUT2D eigenvalue weighted by Crippen LogP contribution is -2.49. The Morgan fingerprint density at radius 2 is 1.96 bits per heavy atom. The van der Waals surface area contributed by atoms with Gasteiger partial charge in [0.15, 0.2) is 5.17 Å². The fraction of sp³-hybridized carbons (Fsp3) is 0.556. The fourth-order valence-electron chi connectivity index (χ4n) is 3.08. The molecule has 1 N–H and O–H groups in total. The van der Waals surface area contributed by atoms with E-state index in [1.54, 1.807) is 12.1 Å². The summed E-state index contributed by atoms with van der Waals surface area (Å²) in [5, 5.41) is 5.04. The lowest BCUT2D eigenvalue weighted by molar-refractivity contribution is -0.117. The van der Waals surface area contributed by atoms with E-state index in [1.807, 2.05) is 11.8 Å². The van der Waals surface area contributed by atoms with E-state index in [2.05, 4.69) is 27.0 Å². The molecule has 27 heavy (non-hydrogen) atoms. The summed E-state index contributed by atoms with van der Waals surface area (Å²) in [6.07, 6.45) is 0. The second kappa shape index (κ2) is 9.03. The first-order valence-corrected chi connectivity index (χ1v) is 10.2. The van der Waals surface area contributed by atoms with Crippen LogP contribution in [-0.2, 0) is 4.79 Å². The molecule has 1 atom stereocenters. The molecule has 0 aliphatic carbocycles. The molecule has 1 aromatic rings. The van der Waals surface area contributed by atoms with Crippen LogP contribution in [-0.4, -0.2) is 79.6 Å². The Bertz CT molecular complexity index is 723. The maximum atomic E-state index is 12.5. The summed E-state index contributed by atoms with van der Waals surface area (Å²) in [4.78, 5) is 21.5. The highest BCUT2D eigenvalue weighted by molar-refractivity contribution is 8.14. The molecular weight excluding hydrogens is 388 g/mol. The Labute approximate surface area is 169 Å². The molecular formula is C18H25ClN4O3S. The number of anilines is 1. The molecule has 0 unspecified atom stereocenters. The first kappa shape index (κ1) is 20.1. The predicted molar refractivity (Wildman–Crippen MR) is 111 cm³/mol. The molecule has 0 radical (unpaired) electrons. The number of thioether (sulfide) groups is 1. The van der Waals surface area contributed by atoms with Gasteiger partial charge >= 0.3 is 0 Å². The van der Waals surface area contributed by atoms with Crippen molar-refractivity contribution in [2.75, 3.05) is 58.8 Å². The Balaban J connectivity index is 1.53. The van der Waals surface area contributed by atoms with Crippen molar-refractivity contribution in [2.45, 2.75) is 12.2 Å². The van der Waals surface area contributed by atoms with Crippen LogP contribution in [0.2, 0.25) is 5.02 Å². The molecule has 0 aromatic heterocycles. The number of carbonyl (C=O) groups is 1.